The van der Waals surface area contributed by atoms with Gasteiger partial charge in [0.15, 0.2) is 0 Å². The molecule has 4 heteroatoms. The third-order valence-corrected chi connectivity index (χ3v) is 5.51. The molecule has 24 heavy (non-hydrogen) atoms. The molecule has 1 aliphatic heterocycles. The van der Waals surface area contributed by atoms with E-state index < -0.39 is 0 Å². The van der Waals surface area contributed by atoms with Gasteiger partial charge in [-0.1, -0.05) is 31.4 Å². The standard InChI is InChI=1S/C20H31N3O/c21-19-7-5-6-17(19)14-20(24)22-18-10-8-16(9-11-18)15-23-12-3-1-2-4-13-23/h8-11,17,19H,1-7,12-15,21H2,(H,22,24)/t17-,19+/m0/s1. The summed E-state index contributed by atoms with van der Waals surface area (Å²) in [5.41, 5.74) is 8.28. The van der Waals surface area contributed by atoms with Crippen molar-refractivity contribution in [3.63, 3.8) is 0 Å². The molecule has 4 nitrogen and oxygen atoms in total. The number of likely N-dealkylation sites (tertiary alicyclic amines) is 1. The number of carbonyl (C=O) groups excluding carboxylic acids is 1. The molecule has 1 aromatic carbocycles. The minimum Gasteiger partial charge on any atom is -0.327 e. The van der Waals surface area contributed by atoms with Gasteiger partial charge in [0.25, 0.3) is 0 Å². The van der Waals surface area contributed by atoms with Crippen LogP contribution in [0.15, 0.2) is 24.3 Å². The first kappa shape index (κ1) is 17.4. The zero-order valence-corrected chi connectivity index (χ0v) is 14.7. The van der Waals surface area contributed by atoms with E-state index in [2.05, 4.69) is 22.3 Å². The van der Waals surface area contributed by atoms with Crippen LogP contribution in [0.1, 0.15) is 56.9 Å². The Kier molecular flexibility index (Phi) is 6.27. The first-order chi connectivity index (χ1) is 11.7. The summed E-state index contributed by atoms with van der Waals surface area (Å²) < 4.78 is 0. The molecule has 1 saturated carbocycles. The Morgan fingerprint density at radius 1 is 1.04 bits per heavy atom. The second-order valence-electron chi connectivity index (χ2n) is 7.49. The number of anilines is 1. The average molecular weight is 329 g/mol. The highest BCUT2D eigenvalue weighted by Gasteiger charge is 2.25. The fraction of sp³-hybridized carbons (Fsp3) is 0.650. The molecule has 1 heterocycles. The smallest absolute Gasteiger partial charge is 0.224 e. The number of amides is 1. The summed E-state index contributed by atoms with van der Waals surface area (Å²) >= 11 is 0. The van der Waals surface area contributed by atoms with Gasteiger partial charge in [0.05, 0.1) is 0 Å². The maximum absolute atomic E-state index is 12.2. The highest BCUT2D eigenvalue weighted by molar-refractivity contribution is 5.90. The van der Waals surface area contributed by atoms with E-state index in [0.717, 1.165) is 31.5 Å². The SMILES string of the molecule is N[C@@H]1CCC[C@H]1CC(=O)Nc1ccc(CN2CCCCCC2)cc1. The van der Waals surface area contributed by atoms with E-state index in [1.54, 1.807) is 0 Å². The first-order valence-corrected chi connectivity index (χ1v) is 9.57. The molecule has 2 aliphatic rings. The van der Waals surface area contributed by atoms with Crippen LogP contribution in [0.3, 0.4) is 0 Å². The Morgan fingerprint density at radius 2 is 1.75 bits per heavy atom. The van der Waals surface area contributed by atoms with Crippen LogP contribution in [-0.4, -0.2) is 29.9 Å². The average Bonchev–Trinajstić information content (AvgIpc) is 2.82. The topological polar surface area (TPSA) is 58.4 Å². The zero-order valence-electron chi connectivity index (χ0n) is 14.7. The van der Waals surface area contributed by atoms with Crippen molar-refractivity contribution in [3.8, 4) is 0 Å². The van der Waals surface area contributed by atoms with Crippen molar-refractivity contribution in [1.29, 1.82) is 0 Å². The quantitative estimate of drug-likeness (QED) is 0.869. The molecule has 132 valence electrons. The number of benzene rings is 1. The summed E-state index contributed by atoms with van der Waals surface area (Å²) in [7, 11) is 0. The lowest BCUT2D eigenvalue weighted by Crippen LogP contribution is -2.28. The first-order valence-electron chi connectivity index (χ1n) is 9.57. The fourth-order valence-corrected chi connectivity index (χ4v) is 4.02. The molecule has 3 N–H and O–H groups in total. The second kappa shape index (κ2) is 8.63. The molecule has 3 rings (SSSR count). The van der Waals surface area contributed by atoms with Crippen molar-refractivity contribution in [2.45, 2.75) is 64.0 Å². The van der Waals surface area contributed by atoms with E-state index in [1.165, 1.54) is 44.3 Å². The van der Waals surface area contributed by atoms with Crippen LogP contribution in [-0.2, 0) is 11.3 Å². The molecule has 1 aromatic rings. The summed E-state index contributed by atoms with van der Waals surface area (Å²) in [6, 6.07) is 8.54. The predicted molar refractivity (Wildman–Crippen MR) is 98.8 cm³/mol. The number of nitrogens with two attached hydrogens (primary N) is 1. The van der Waals surface area contributed by atoms with Gasteiger partial charge in [0.1, 0.15) is 0 Å². The second-order valence-corrected chi connectivity index (χ2v) is 7.49. The van der Waals surface area contributed by atoms with Crippen LogP contribution in [0.2, 0.25) is 0 Å². The van der Waals surface area contributed by atoms with E-state index >= 15 is 0 Å². The van der Waals surface area contributed by atoms with E-state index in [0.29, 0.717) is 12.3 Å². The third-order valence-electron chi connectivity index (χ3n) is 5.51. The van der Waals surface area contributed by atoms with Crippen LogP contribution in [0.4, 0.5) is 5.69 Å². The molecule has 1 aliphatic carbocycles. The summed E-state index contributed by atoms with van der Waals surface area (Å²) in [4.78, 5) is 14.7. The van der Waals surface area contributed by atoms with Gasteiger partial charge in [-0.3, -0.25) is 9.69 Å². The minimum atomic E-state index is 0.0950. The van der Waals surface area contributed by atoms with Crippen molar-refractivity contribution < 1.29 is 4.79 Å². The van der Waals surface area contributed by atoms with Crippen LogP contribution in [0.25, 0.3) is 0 Å². The Balaban J connectivity index is 1.47. The number of nitrogens with one attached hydrogen (secondary N) is 1. The van der Waals surface area contributed by atoms with Crippen molar-refractivity contribution in [1.82, 2.24) is 4.90 Å². The lowest BCUT2D eigenvalue weighted by molar-refractivity contribution is -0.117. The highest BCUT2D eigenvalue weighted by Crippen LogP contribution is 2.27. The number of hydrogen-bond donors (Lipinski definition) is 2. The summed E-state index contributed by atoms with van der Waals surface area (Å²) in [6.07, 6.45) is 9.22. The van der Waals surface area contributed by atoms with Gasteiger partial charge in [-0.05, 0) is 62.4 Å². The fourth-order valence-electron chi connectivity index (χ4n) is 4.02. The largest absolute Gasteiger partial charge is 0.327 e. The molecule has 1 saturated heterocycles. The van der Waals surface area contributed by atoms with E-state index in [1.807, 2.05) is 12.1 Å². The predicted octanol–water partition coefficient (Wildman–Crippen LogP) is 3.52. The number of carbonyl (C=O) groups is 1. The van der Waals surface area contributed by atoms with Gasteiger partial charge in [-0.25, -0.2) is 0 Å². The van der Waals surface area contributed by atoms with Gasteiger partial charge in [-0.2, -0.15) is 0 Å². The Labute approximate surface area is 145 Å². The number of hydrogen-bond acceptors (Lipinski definition) is 3. The maximum Gasteiger partial charge on any atom is 0.224 e. The maximum atomic E-state index is 12.2. The van der Waals surface area contributed by atoms with E-state index in [9.17, 15) is 4.79 Å². The number of nitrogens with zero attached hydrogens (tertiary/aromatic N) is 1. The van der Waals surface area contributed by atoms with Crippen LogP contribution in [0.5, 0.6) is 0 Å². The molecule has 0 unspecified atom stereocenters. The van der Waals surface area contributed by atoms with Gasteiger partial charge in [0, 0.05) is 24.7 Å². The summed E-state index contributed by atoms with van der Waals surface area (Å²) in [6.45, 7) is 3.44. The van der Waals surface area contributed by atoms with Crippen molar-refractivity contribution >= 4 is 11.6 Å². The lowest BCUT2D eigenvalue weighted by atomic mass is 10.00. The molecule has 1 amide bonds. The van der Waals surface area contributed by atoms with Crippen molar-refractivity contribution in [2.24, 2.45) is 11.7 Å². The molecular formula is C20H31N3O. The van der Waals surface area contributed by atoms with Gasteiger partial charge < -0.3 is 11.1 Å². The molecule has 0 aromatic heterocycles. The van der Waals surface area contributed by atoms with Gasteiger partial charge in [-0.15, -0.1) is 0 Å². The summed E-state index contributed by atoms with van der Waals surface area (Å²) in [5.74, 6) is 0.449. The molecule has 2 fully saturated rings. The number of rotatable bonds is 5. The van der Waals surface area contributed by atoms with Crippen molar-refractivity contribution in [3.05, 3.63) is 29.8 Å². The van der Waals surface area contributed by atoms with Gasteiger partial charge in [0.2, 0.25) is 5.91 Å². The van der Waals surface area contributed by atoms with Crippen LogP contribution < -0.4 is 11.1 Å². The Hall–Kier alpha value is -1.39. The summed E-state index contributed by atoms with van der Waals surface area (Å²) in [5, 5.41) is 3.02. The van der Waals surface area contributed by atoms with Crippen molar-refractivity contribution in [2.75, 3.05) is 18.4 Å². The molecule has 0 radical (unpaired) electrons. The Bertz CT molecular complexity index is 520. The molecule has 0 spiro atoms. The van der Waals surface area contributed by atoms with E-state index in [-0.39, 0.29) is 11.9 Å². The minimum absolute atomic E-state index is 0.0950. The third kappa shape index (κ3) is 5.05. The molecular weight excluding hydrogens is 298 g/mol. The lowest BCUT2D eigenvalue weighted by Gasteiger charge is -2.20. The van der Waals surface area contributed by atoms with E-state index in [4.69, 9.17) is 5.73 Å². The van der Waals surface area contributed by atoms with Crippen LogP contribution in [0, 0.1) is 5.92 Å². The normalized spacial score (nSPS) is 25.4. The molecule has 2 atom stereocenters. The van der Waals surface area contributed by atoms with Gasteiger partial charge >= 0.3 is 0 Å². The van der Waals surface area contributed by atoms with Crippen LogP contribution >= 0.6 is 0 Å². The Morgan fingerprint density at radius 3 is 2.38 bits per heavy atom. The zero-order chi connectivity index (χ0) is 16.8. The molecule has 0 bridgehead atoms. The highest BCUT2D eigenvalue weighted by atomic mass is 16.1. The monoisotopic (exact) mass is 329 g/mol.